The monoisotopic (exact) mass is 265 g/mol. The van der Waals surface area contributed by atoms with Crippen LogP contribution in [-0.4, -0.2) is 27.0 Å². The van der Waals surface area contributed by atoms with Crippen LogP contribution in [0.1, 0.15) is 23.6 Å². The second-order valence-electron chi connectivity index (χ2n) is 5.50. The van der Waals surface area contributed by atoms with Crippen molar-refractivity contribution in [1.29, 1.82) is 0 Å². The summed E-state index contributed by atoms with van der Waals surface area (Å²) in [5.41, 5.74) is 2.74. The van der Waals surface area contributed by atoms with E-state index in [-0.39, 0.29) is 0 Å². The highest BCUT2D eigenvalue weighted by Gasteiger charge is 2.41. The van der Waals surface area contributed by atoms with Gasteiger partial charge in [-0.15, -0.1) is 0 Å². The van der Waals surface area contributed by atoms with E-state index in [0.29, 0.717) is 29.4 Å². The van der Waals surface area contributed by atoms with Gasteiger partial charge in [0, 0.05) is 6.04 Å². The molecule has 3 unspecified atom stereocenters. The SMILES string of the molecule is CNC1c2ccccc2CC1C1CCS(=O)(=O)C1. The minimum atomic E-state index is -2.78. The van der Waals surface area contributed by atoms with E-state index < -0.39 is 9.84 Å². The summed E-state index contributed by atoms with van der Waals surface area (Å²) in [6, 6.07) is 8.79. The van der Waals surface area contributed by atoms with E-state index in [1.165, 1.54) is 11.1 Å². The number of benzene rings is 1. The molecule has 1 fully saturated rings. The van der Waals surface area contributed by atoms with Gasteiger partial charge >= 0.3 is 0 Å². The molecule has 0 spiro atoms. The third-order valence-electron chi connectivity index (χ3n) is 4.46. The van der Waals surface area contributed by atoms with Crippen LogP contribution in [-0.2, 0) is 16.3 Å². The first kappa shape index (κ1) is 12.2. The number of nitrogens with one attached hydrogen (secondary N) is 1. The van der Waals surface area contributed by atoms with Crippen LogP contribution in [0.15, 0.2) is 24.3 Å². The van der Waals surface area contributed by atoms with Crippen molar-refractivity contribution in [2.45, 2.75) is 18.9 Å². The minimum Gasteiger partial charge on any atom is -0.313 e. The summed E-state index contributed by atoms with van der Waals surface area (Å²) in [7, 11) is -0.804. The number of fused-ring (bicyclic) bond motifs is 1. The molecule has 1 N–H and O–H groups in total. The number of hydrogen-bond donors (Lipinski definition) is 1. The standard InChI is InChI=1S/C14H19NO2S/c1-15-14-12-5-3-2-4-10(12)8-13(14)11-6-7-18(16,17)9-11/h2-5,11,13-15H,6-9H2,1H3. The maximum Gasteiger partial charge on any atom is 0.150 e. The quantitative estimate of drug-likeness (QED) is 0.882. The number of rotatable bonds is 2. The van der Waals surface area contributed by atoms with Crippen LogP contribution >= 0.6 is 0 Å². The van der Waals surface area contributed by atoms with Crippen LogP contribution in [0, 0.1) is 11.8 Å². The lowest BCUT2D eigenvalue weighted by molar-refractivity contribution is 0.300. The molecular weight excluding hydrogens is 246 g/mol. The average molecular weight is 265 g/mol. The van der Waals surface area contributed by atoms with Gasteiger partial charge in [-0.25, -0.2) is 8.42 Å². The van der Waals surface area contributed by atoms with E-state index in [2.05, 4.69) is 29.6 Å². The molecule has 1 aromatic carbocycles. The molecule has 0 aromatic heterocycles. The van der Waals surface area contributed by atoms with E-state index in [1.54, 1.807) is 0 Å². The molecule has 1 aliphatic carbocycles. The Morgan fingerprint density at radius 1 is 1.28 bits per heavy atom. The molecular formula is C14H19NO2S. The zero-order chi connectivity index (χ0) is 12.8. The first-order valence-corrected chi connectivity index (χ1v) is 8.38. The molecule has 3 rings (SSSR count). The third-order valence-corrected chi connectivity index (χ3v) is 6.25. The van der Waals surface area contributed by atoms with E-state index in [0.717, 1.165) is 12.8 Å². The third kappa shape index (κ3) is 1.97. The maximum absolute atomic E-state index is 11.6. The largest absolute Gasteiger partial charge is 0.313 e. The molecule has 0 saturated carbocycles. The molecule has 98 valence electrons. The van der Waals surface area contributed by atoms with Crippen molar-refractivity contribution in [3.63, 3.8) is 0 Å². The zero-order valence-corrected chi connectivity index (χ0v) is 11.4. The van der Waals surface area contributed by atoms with Crippen molar-refractivity contribution in [3.8, 4) is 0 Å². The number of sulfone groups is 1. The summed E-state index contributed by atoms with van der Waals surface area (Å²) < 4.78 is 23.3. The van der Waals surface area contributed by atoms with Crippen molar-refractivity contribution in [2.24, 2.45) is 11.8 Å². The summed E-state index contributed by atoms with van der Waals surface area (Å²) >= 11 is 0. The summed E-state index contributed by atoms with van der Waals surface area (Å²) in [4.78, 5) is 0. The molecule has 1 aliphatic heterocycles. The fourth-order valence-corrected chi connectivity index (χ4v) is 5.49. The van der Waals surface area contributed by atoms with Gasteiger partial charge in [0.05, 0.1) is 11.5 Å². The second-order valence-corrected chi connectivity index (χ2v) is 7.72. The summed E-state index contributed by atoms with van der Waals surface area (Å²) in [6.07, 6.45) is 1.85. The maximum atomic E-state index is 11.6. The van der Waals surface area contributed by atoms with Crippen LogP contribution in [0.3, 0.4) is 0 Å². The molecule has 1 heterocycles. The van der Waals surface area contributed by atoms with Gasteiger partial charge in [0.1, 0.15) is 0 Å². The Kier molecular flexibility index (Phi) is 2.94. The molecule has 0 radical (unpaired) electrons. The normalized spacial score (nSPS) is 33.5. The predicted octanol–water partition coefficient (Wildman–Crippen LogP) is 1.55. The summed E-state index contributed by atoms with van der Waals surface area (Å²) in [5.74, 6) is 1.51. The van der Waals surface area contributed by atoms with Crippen LogP contribution in [0.2, 0.25) is 0 Å². The van der Waals surface area contributed by atoms with Crippen LogP contribution in [0.4, 0.5) is 0 Å². The first-order chi connectivity index (χ1) is 8.61. The van der Waals surface area contributed by atoms with Gasteiger partial charge in [0.15, 0.2) is 9.84 Å². The Hall–Kier alpha value is -0.870. The summed E-state index contributed by atoms with van der Waals surface area (Å²) in [6.45, 7) is 0. The van der Waals surface area contributed by atoms with Gasteiger partial charge < -0.3 is 5.32 Å². The van der Waals surface area contributed by atoms with E-state index >= 15 is 0 Å². The molecule has 1 aromatic rings. The Morgan fingerprint density at radius 2 is 2.06 bits per heavy atom. The van der Waals surface area contributed by atoms with E-state index in [1.807, 2.05) is 7.05 Å². The smallest absolute Gasteiger partial charge is 0.150 e. The lowest BCUT2D eigenvalue weighted by Crippen LogP contribution is -2.28. The van der Waals surface area contributed by atoms with Crippen molar-refractivity contribution in [3.05, 3.63) is 35.4 Å². The van der Waals surface area contributed by atoms with Crippen LogP contribution in [0.25, 0.3) is 0 Å². The fraction of sp³-hybridized carbons (Fsp3) is 0.571. The van der Waals surface area contributed by atoms with Crippen molar-refractivity contribution in [1.82, 2.24) is 5.32 Å². The Balaban J connectivity index is 1.88. The molecule has 3 nitrogen and oxygen atoms in total. The number of hydrogen-bond acceptors (Lipinski definition) is 3. The predicted molar refractivity (Wildman–Crippen MR) is 72.2 cm³/mol. The Bertz CT molecular complexity index is 553. The first-order valence-electron chi connectivity index (χ1n) is 6.56. The van der Waals surface area contributed by atoms with Crippen LogP contribution < -0.4 is 5.32 Å². The van der Waals surface area contributed by atoms with Gasteiger partial charge in [0.2, 0.25) is 0 Å². The lowest BCUT2D eigenvalue weighted by Gasteiger charge is -2.24. The second kappa shape index (κ2) is 4.35. The highest BCUT2D eigenvalue weighted by Crippen LogP contribution is 2.43. The topological polar surface area (TPSA) is 46.2 Å². The molecule has 1 saturated heterocycles. The van der Waals surface area contributed by atoms with E-state index in [4.69, 9.17) is 0 Å². The molecule has 4 heteroatoms. The summed E-state index contributed by atoms with van der Waals surface area (Å²) in [5, 5.41) is 3.38. The fourth-order valence-electron chi connectivity index (χ4n) is 3.60. The highest BCUT2D eigenvalue weighted by molar-refractivity contribution is 7.91. The highest BCUT2D eigenvalue weighted by atomic mass is 32.2. The molecule has 0 amide bonds. The molecule has 18 heavy (non-hydrogen) atoms. The van der Waals surface area contributed by atoms with Crippen molar-refractivity contribution in [2.75, 3.05) is 18.6 Å². The molecule has 0 bridgehead atoms. The zero-order valence-electron chi connectivity index (χ0n) is 10.6. The van der Waals surface area contributed by atoms with E-state index in [9.17, 15) is 8.42 Å². The van der Waals surface area contributed by atoms with Crippen LogP contribution in [0.5, 0.6) is 0 Å². The van der Waals surface area contributed by atoms with Gasteiger partial charge in [-0.05, 0) is 42.9 Å². The molecule has 2 aliphatic rings. The van der Waals surface area contributed by atoms with Crippen molar-refractivity contribution < 1.29 is 8.42 Å². The Morgan fingerprint density at radius 3 is 2.72 bits per heavy atom. The van der Waals surface area contributed by atoms with Gasteiger partial charge in [-0.2, -0.15) is 0 Å². The van der Waals surface area contributed by atoms with Gasteiger partial charge in [-0.1, -0.05) is 24.3 Å². The average Bonchev–Trinajstić information content (AvgIpc) is 2.88. The minimum absolute atomic E-state index is 0.319. The molecule has 3 atom stereocenters. The Labute approximate surface area is 109 Å². The van der Waals surface area contributed by atoms with Gasteiger partial charge in [0.25, 0.3) is 0 Å². The van der Waals surface area contributed by atoms with Crippen molar-refractivity contribution >= 4 is 9.84 Å². The lowest BCUT2D eigenvalue weighted by atomic mass is 9.86. The van der Waals surface area contributed by atoms with Gasteiger partial charge in [-0.3, -0.25) is 0 Å².